The van der Waals surface area contributed by atoms with Crippen molar-refractivity contribution in [2.75, 3.05) is 25.4 Å². The number of allylic oxidation sites excluding steroid dienone is 2. The van der Waals surface area contributed by atoms with E-state index in [1.165, 1.54) is 25.7 Å². The Balaban J connectivity index is 3.15. The van der Waals surface area contributed by atoms with Gasteiger partial charge in [0, 0.05) is 25.8 Å². The van der Waals surface area contributed by atoms with Crippen molar-refractivity contribution >= 4 is 11.8 Å². The van der Waals surface area contributed by atoms with Crippen LogP contribution in [0.3, 0.4) is 0 Å². The first-order chi connectivity index (χ1) is 10.9. The molecule has 0 spiro atoms. The van der Waals surface area contributed by atoms with Crippen molar-refractivity contribution in [1.29, 1.82) is 0 Å². The van der Waals surface area contributed by atoms with Crippen molar-refractivity contribution in [2.45, 2.75) is 52.4 Å². The van der Waals surface area contributed by atoms with E-state index in [4.69, 9.17) is 0 Å². The largest absolute Gasteiger partial charge is 0.391 e. The molecule has 22 heavy (non-hydrogen) atoms. The van der Waals surface area contributed by atoms with Crippen molar-refractivity contribution in [3.8, 4) is 0 Å². The molecule has 0 rings (SSSR count). The smallest absolute Gasteiger partial charge is 0.0158 e. The summed E-state index contributed by atoms with van der Waals surface area (Å²) < 4.78 is 0. The second-order valence-electron chi connectivity index (χ2n) is 5.06. The predicted octanol–water partition coefficient (Wildman–Crippen LogP) is 4.37. The Bertz CT molecular complexity index is 260. The van der Waals surface area contributed by atoms with E-state index in [0.717, 1.165) is 38.2 Å². The quantitative estimate of drug-likeness (QED) is 0.368. The molecule has 0 heterocycles. The van der Waals surface area contributed by atoms with Gasteiger partial charge in [0.2, 0.25) is 0 Å². The fourth-order valence-electron chi connectivity index (χ4n) is 1.72. The lowest BCUT2D eigenvalue weighted by Crippen LogP contribution is -2.14. The first-order valence-corrected chi connectivity index (χ1v) is 9.73. The van der Waals surface area contributed by atoms with Crippen LogP contribution in [0, 0.1) is 0 Å². The third-order valence-corrected chi connectivity index (χ3v) is 3.62. The van der Waals surface area contributed by atoms with E-state index in [1.54, 1.807) is 0 Å². The molecule has 0 amide bonds. The first kappa shape index (κ1) is 21.0. The van der Waals surface area contributed by atoms with Crippen LogP contribution < -0.4 is 16.0 Å². The second kappa shape index (κ2) is 20.0. The summed E-state index contributed by atoms with van der Waals surface area (Å²) in [6, 6.07) is 0. The summed E-state index contributed by atoms with van der Waals surface area (Å²) in [4.78, 5) is 0. The van der Waals surface area contributed by atoms with Crippen molar-refractivity contribution in [1.82, 2.24) is 16.0 Å². The van der Waals surface area contributed by atoms with E-state index < -0.39 is 0 Å². The monoisotopic (exact) mass is 325 g/mol. The summed E-state index contributed by atoms with van der Waals surface area (Å²) in [6.45, 7) is 7.50. The topological polar surface area (TPSA) is 36.1 Å². The number of thioether (sulfide) groups is 1. The highest BCUT2D eigenvalue weighted by Gasteiger charge is 1.85. The van der Waals surface area contributed by atoms with E-state index in [2.05, 4.69) is 59.8 Å². The molecule has 0 bridgehead atoms. The van der Waals surface area contributed by atoms with Crippen LogP contribution in [-0.4, -0.2) is 25.4 Å². The second-order valence-corrected chi connectivity index (χ2v) is 6.25. The maximum absolute atomic E-state index is 3.34. The molecule has 0 aromatic rings. The number of nitrogens with one attached hydrogen (secondary N) is 3. The van der Waals surface area contributed by atoms with Crippen LogP contribution in [0.5, 0.6) is 0 Å². The third kappa shape index (κ3) is 19.0. The van der Waals surface area contributed by atoms with Gasteiger partial charge in [-0.1, -0.05) is 32.4 Å². The van der Waals surface area contributed by atoms with Gasteiger partial charge >= 0.3 is 0 Å². The molecule has 3 N–H and O–H groups in total. The Hall–Kier alpha value is -1.03. The van der Waals surface area contributed by atoms with Crippen molar-refractivity contribution in [2.24, 2.45) is 0 Å². The zero-order valence-corrected chi connectivity index (χ0v) is 15.3. The molecule has 0 aliphatic rings. The fourth-order valence-corrected chi connectivity index (χ4v) is 2.11. The van der Waals surface area contributed by atoms with Gasteiger partial charge in [-0.25, -0.2) is 0 Å². The molecule has 3 nitrogen and oxygen atoms in total. The predicted molar refractivity (Wildman–Crippen MR) is 103 cm³/mol. The summed E-state index contributed by atoms with van der Waals surface area (Å²) in [5.41, 5.74) is 0. The van der Waals surface area contributed by atoms with E-state index in [1.807, 2.05) is 18.0 Å². The van der Waals surface area contributed by atoms with Crippen LogP contribution in [0.4, 0.5) is 0 Å². The van der Waals surface area contributed by atoms with Gasteiger partial charge in [-0.05, 0) is 55.7 Å². The zero-order valence-electron chi connectivity index (χ0n) is 14.4. The minimum atomic E-state index is 1.03. The highest BCUT2D eigenvalue weighted by atomic mass is 32.2. The van der Waals surface area contributed by atoms with Gasteiger partial charge in [-0.2, -0.15) is 0 Å². The summed E-state index contributed by atoms with van der Waals surface area (Å²) in [5.74, 6) is 1.14. The van der Waals surface area contributed by atoms with Crippen molar-refractivity contribution in [3.05, 3.63) is 36.2 Å². The maximum Gasteiger partial charge on any atom is 0.0158 e. The molecular formula is C18H35N3S. The number of unbranched alkanes of at least 4 members (excludes halogenated alkanes) is 3. The summed E-state index contributed by atoms with van der Waals surface area (Å²) >= 11 is 1.82. The molecule has 128 valence electrons. The Labute approximate surface area is 142 Å². The minimum Gasteiger partial charge on any atom is -0.391 e. The van der Waals surface area contributed by atoms with Gasteiger partial charge in [0.1, 0.15) is 0 Å². The van der Waals surface area contributed by atoms with E-state index in [9.17, 15) is 0 Å². The SMILES string of the molecule is CCCC=CNCCCCC=CNCCCNC=CSCC. The minimum absolute atomic E-state index is 1.03. The molecule has 0 saturated heterocycles. The lowest BCUT2D eigenvalue weighted by molar-refractivity contribution is 0.693. The molecule has 4 heteroatoms. The van der Waals surface area contributed by atoms with E-state index in [0.29, 0.717) is 0 Å². The number of hydrogen-bond acceptors (Lipinski definition) is 4. The summed E-state index contributed by atoms with van der Waals surface area (Å²) in [7, 11) is 0. The average Bonchev–Trinajstić information content (AvgIpc) is 2.54. The van der Waals surface area contributed by atoms with Gasteiger partial charge in [0.15, 0.2) is 0 Å². The summed E-state index contributed by atoms with van der Waals surface area (Å²) in [5, 5.41) is 12.1. The standard InChI is InChI=1S/C18H35N3S/c1-3-5-8-12-19-13-9-6-7-10-14-20-15-11-16-21-17-18-22-4-2/h8,10,12,14,17-21H,3-7,9,11,13,15-16H2,1-2H3. The van der Waals surface area contributed by atoms with Crippen LogP contribution in [0.1, 0.15) is 52.4 Å². The molecular weight excluding hydrogens is 290 g/mol. The summed E-state index contributed by atoms with van der Waals surface area (Å²) in [6.07, 6.45) is 17.8. The number of hydrogen-bond donors (Lipinski definition) is 3. The Morgan fingerprint density at radius 3 is 2.05 bits per heavy atom. The average molecular weight is 326 g/mol. The van der Waals surface area contributed by atoms with Crippen LogP contribution in [-0.2, 0) is 0 Å². The van der Waals surface area contributed by atoms with E-state index in [-0.39, 0.29) is 0 Å². The Morgan fingerprint density at radius 2 is 1.36 bits per heavy atom. The van der Waals surface area contributed by atoms with Gasteiger partial charge < -0.3 is 16.0 Å². The van der Waals surface area contributed by atoms with Crippen LogP contribution >= 0.6 is 11.8 Å². The van der Waals surface area contributed by atoms with Crippen LogP contribution in [0.2, 0.25) is 0 Å². The molecule has 0 aromatic carbocycles. The van der Waals surface area contributed by atoms with Crippen LogP contribution in [0.25, 0.3) is 0 Å². The lowest BCUT2D eigenvalue weighted by atomic mass is 10.2. The van der Waals surface area contributed by atoms with Crippen LogP contribution in [0.15, 0.2) is 36.2 Å². The zero-order chi connectivity index (χ0) is 16.1. The van der Waals surface area contributed by atoms with Gasteiger partial charge in [-0.15, -0.1) is 11.8 Å². The molecule has 0 aliphatic carbocycles. The molecule has 0 fully saturated rings. The Morgan fingerprint density at radius 1 is 0.727 bits per heavy atom. The third-order valence-electron chi connectivity index (χ3n) is 2.96. The molecule has 0 aromatic heterocycles. The van der Waals surface area contributed by atoms with Crippen molar-refractivity contribution in [3.63, 3.8) is 0 Å². The molecule has 0 saturated carbocycles. The highest BCUT2D eigenvalue weighted by molar-refractivity contribution is 8.02. The van der Waals surface area contributed by atoms with Gasteiger partial charge in [0.05, 0.1) is 0 Å². The molecule has 0 atom stereocenters. The maximum atomic E-state index is 3.34. The van der Waals surface area contributed by atoms with Gasteiger partial charge in [-0.3, -0.25) is 0 Å². The lowest BCUT2D eigenvalue weighted by Gasteiger charge is -2.02. The molecule has 0 unspecified atom stereocenters. The normalized spacial score (nSPS) is 11.7. The number of rotatable bonds is 16. The fraction of sp³-hybridized carbons (Fsp3) is 0.667. The Kier molecular flexibility index (Phi) is 19.0. The van der Waals surface area contributed by atoms with E-state index >= 15 is 0 Å². The van der Waals surface area contributed by atoms with Gasteiger partial charge in [0.25, 0.3) is 0 Å². The highest BCUT2D eigenvalue weighted by Crippen LogP contribution is 1.97. The molecule has 0 aliphatic heterocycles. The van der Waals surface area contributed by atoms with Crippen molar-refractivity contribution < 1.29 is 0 Å². The first-order valence-electron chi connectivity index (χ1n) is 8.68. The molecule has 0 radical (unpaired) electrons.